The zero-order valence-electron chi connectivity index (χ0n) is 26.2. The Morgan fingerprint density at radius 2 is 1.49 bits per heavy atom. The molecule has 1 aliphatic carbocycles. The van der Waals surface area contributed by atoms with Crippen LogP contribution in [-0.4, -0.2) is 15.9 Å². The van der Waals surface area contributed by atoms with Gasteiger partial charge in [-0.05, 0) is 54.8 Å². The summed E-state index contributed by atoms with van der Waals surface area (Å²) in [7, 11) is 0. The molecular weight excluding hydrogens is 707 g/mol. The molecular formula is C39H46IrNO2-. The standard InChI is InChI=1S/C34H38N.C5H8O2.Ir/c1-3-5-7-13-22-34(23-14-8-6-4-2)31-18-12-11-17-29(31)30-20-19-27(25-32(30)34)33-28-16-10-9-15-26(28)21-24-35-33;1-4(6)3-5(2)7;/h9-12,15-18,20-21,24-25H,3-8,13-14,22-23H2,1-2H3;3,6H,1-2H3;/q-1;;. The van der Waals surface area contributed by atoms with Crippen molar-refractivity contribution in [3.8, 4) is 22.4 Å². The molecule has 0 amide bonds. The maximum absolute atomic E-state index is 10.0. The van der Waals surface area contributed by atoms with E-state index in [1.165, 1.54) is 112 Å². The fraction of sp³-hybridized carbons (Fsp3) is 0.385. The molecule has 3 nitrogen and oxygen atoms in total. The predicted molar refractivity (Wildman–Crippen MR) is 177 cm³/mol. The van der Waals surface area contributed by atoms with Crippen LogP contribution in [0.2, 0.25) is 0 Å². The number of unbranched alkanes of at least 4 members (excludes halogenated alkanes) is 6. The molecule has 0 spiro atoms. The van der Waals surface area contributed by atoms with Crippen molar-refractivity contribution in [3.63, 3.8) is 0 Å². The van der Waals surface area contributed by atoms with Gasteiger partial charge in [-0.25, -0.2) is 0 Å². The van der Waals surface area contributed by atoms with Crippen LogP contribution in [0.25, 0.3) is 33.2 Å². The number of aromatic nitrogens is 1. The molecule has 4 aromatic rings. The number of aliphatic hydroxyl groups is 1. The van der Waals surface area contributed by atoms with E-state index >= 15 is 0 Å². The van der Waals surface area contributed by atoms with E-state index in [1.807, 2.05) is 6.20 Å². The SMILES string of the molecule is CC(=O)C=C(C)O.CCCCCCC1(CCCCCC)c2ccccc2-c2c[c-]c(-c3nccc4ccccc34)cc21.[Ir]. The predicted octanol–water partition coefficient (Wildman–Crippen LogP) is 10.9. The van der Waals surface area contributed by atoms with Gasteiger partial charge in [0.2, 0.25) is 0 Å². The average molecular weight is 753 g/mol. The summed E-state index contributed by atoms with van der Waals surface area (Å²) in [6.07, 6.45) is 16.0. The molecule has 43 heavy (non-hydrogen) atoms. The third kappa shape index (κ3) is 8.31. The number of fused-ring (bicyclic) bond motifs is 4. The van der Waals surface area contributed by atoms with E-state index in [4.69, 9.17) is 10.1 Å². The molecule has 0 fully saturated rings. The van der Waals surface area contributed by atoms with E-state index < -0.39 is 0 Å². The van der Waals surface area contributed by atoms with Gasteiger partial charge in [0.1, 0.15) is 0 Å². The van der Waals surface area contributed by atoms with Crippen LogP contribution in [0.1, 0.15) is 103 Å². The molecule has 5 rings (SSSR count). The first-order valence-corrected chi connectivity index (χ1v) is 15.8. The van der Waals surface area contributed by atoms with E-state index in [2.05, 4.69) is 86.6 Å². The van der Waals surface area contributed by atoms with Crippen molar-refractivity contribution in [1.82, 2.24) is 4.98 Å². The van der Waals surface area contributed by atoms with Gasteiger partial charge < -0.3 is 10.1 Å². The van der Waals surface area contributed by atoms with Crippen LogP contribution in [-0.2, 0) is 30.3 Å². The monoisotopic (exact) mass is 753 g/mol. The fourth-order valence-electron chi connectivity index (χ4n) is 6.53. The Labute approximate surface area is 272 Å². The van der Waals surface area contributed by atoms with Crippen LogP contribution in [0.4, 0.5) is 0 Å². The maximum atomic E-state index is 10.0. The summed E-state index contributed by atoms with van der Waals surface area (Å²) in [6, 6.07) is 28.2. The number of carbonyl (C=O) groups is 1. The van der Waals surface area contributed by atoms with Gasteiger partial charge in [-0.3, -0.25) is 4.79 Å². The first kappa shape index (κ1) is 34.4. The van der Waals surface area contributed by atoms with Crippen molar-refractivity contribution in [2.75, 3.05) is 0 Å². The third-order valence-corrected chi connectivity index (χ3v) is 8.45. The Balaban J connectivity index is 0.000000567. The van der Waals surface area contributed by atoms with Crippen molar-refractivity contribution in [2.45, 2.75) is 97.3 Å². The zero-order chi connectivity index (χ0) is 30.0. The second-order valence-corrected chi connectivity index (χ2v) is 11.7. The molecule has 0 saturated heterocycles. The minimum atomic E-state index is -0.125. The van der Waals surface area contributed by atoms with Gasteiger partial charge in [0.15, 0.2) is 5.78 Å². The van der Waals surface area contributed by atoms with Crippen LogP contribution in [0.5, 0.6) is 0 Å². The molecule has 1 heterocycles. The smallest absolute Gasteiger partial charge is 0.155 e. The molecule has 1 radical (unpaired) electrons. The molecule has 1 aliphatic rings. The van der Waals surface area contributed by atoms with Crippen LogP contribution < -0.4 is 0 Å². The first-order chi connectivity index (χ1) is 20.4. The second-order valence-electron chi connectivity index (χ2n) is 11.7. The van der Waals surface area contributed by atoms with Gasteiger partial charge in [0.05, 0.1) is 5.76 Å². The molecule has 0 saturated carbocycles. The Kier molecular flexibility index (Phi) is 13.4. The molecule has 1 N–H and O–H groups in total. The van der Waals surface area contributed by atoms with Crippen molar-refractivity contribution < 1.29 is 30.0 Å². The van der Waals surface area contributed by atoms with E-state index in [1.54, 1.807) is 5.56 Å². The number of hydrogen-bond acceptors (Lipinski definition) is 3. The number of carbonyl (C=O) groups excluding carboxylic acids is 1. The average Bonchev–Trinajstić information content (AvgIpc) is 3.26. The zero-order valence-corrected chi connectivity index (χ0v) is 28.6. The van der Waals surface area contributed by atoms with Crippen LogP contribution in [0, 0.1) is 6.07 Å². The molecule has 229 valence electrons. The summed E-state index contributed by atoms with van der Waals surface area (Å²) in [6.45, 7) is 7.46. The second kappa shape index (κ2) is 16.7. The van der Waals surface area contributed by atoms with Crippen LogP contribution in [0.3, 0.4) is 0 Å². The van der Waals surface area contributed by atoms with Gasteiger partial charge in [-0.1, -0.05) is 125 Å². The van der Waals surface area contributed by atoms with Crippen molar-refractivity contribution in [1.29, 1.82) is 0 Å². The first-order valence-electron chi connectivity index (χ1n) is 15.8. The summed E-state index contributed by atoms with van der Waals surface area (Å²) in [5.41, 5.74) is 8.13. The van der Waals surface area contributed by atoms with E-state index in [9.17, 15) is 4.79 Å². The molecule has 0 aliphatic heterocycles. The quantitative estimate of drug-likeness (QED) is 0.0679. The van der Waals surface area contributed by atoms with Crippen molar-refractivity contribution >= 4 is 16.6 Å². The number of nitrogens with zero attached hydrogens (tertiary/aromatic N) is 1. The maximum Gasteiger partial charge on any atom is 0.155 e. The van der Waals surface area contributed by atoms with Gasteiger partial charge >= 0.3 is 0 Å². The Bertz CT molecular complexity index is 1500. The third-order valence-electron chi connectivity index (χ3n) is 8.45. The minimum absolute atomic E-state index is 0. The number of ketones is 1. The summed E-state index contributed by atoms with van der Waals surface area (Å²) in [4.78, 5) is 14.9. The number of pyridine rings is 1. The topological polar surface area (TPSA) is 50.2 Å². The van der Waals surface area contributed by atoms with E-state index in [0.29, 0.717) is 0 Å². The Morgan fingerprint density at radius 1 is 0.837 bits per heavy atom. The molecule has 0 bridgehead atoms. The van der Waals surface area contributed by atoms with Crippen molar-refractivity contribution in [3.05, 3.63) is 102 Å². The van der Waals surface area contributed by atoms with Crippen LogP contribution >= 0.6 is 0 Å². The van der Waals surface area contributed by atoms with Gasteiger partial charge in [0, 0.05) is 37.8 Å². The van der Waals surface area contributed by atoms with E-state index in [0.717, 1.165) is 11.3 Å². The molecule has 1 aromatic heterocycles. The molecule has 0 unspecified atom stereocenters. The normalized spacial score (nSPS) is 13.0. The number of rotatable bonds is 12. The summed E-state index contributed by atoms with van der Waals surface area (Å²) < 4.78 is 0. The summed E-state index contributed by atoms with van der Waals surface area (Å²) in [5, 5.41) is 10.8. The summed E-state index contributed by atoms with van der Waals surface area (Å²) >= 11 is 0. The van der Waals surface area contributed by atoms with Crippen LogP contribution in [0.15, 0.2) is 84.8 Å². The summed E-state index contributed by atoms with van der Waals surface area (Å²) in [5.74, 6) is -0.0625. The van der Waals surface area contributed by atoms with E-state index in [-0.39, 0.29) is 37.1 Å². The number of hydrogen-bond donors (Lipinski definition) is 1. The number of benzene rings is 3. The van der Waals surface area contributed by atoms with Gasteiger partial charge in [-0.15, -0.1) is 29.3 Å². The fourth-order valence-corrected chi connectivity index (χ4v) is 6.53. The van der Waals surface area contributed by atoms with Crippen molar-refractivity contribution in [2.24, 2.45) is 0 Å². The van der Waals surface area contributed by atoms with Gasteiger partial charge in [-0.2, -0.15) is 0 Å². The molecule has 0 atom stereocenters. The molecule has 4 heteroatoms. The molecule has 3 aromatic carbocycles. The Morgan fingerprint density at radius 3 is 2.12 bits per heavy atom. The number of allylic oxidation sites excluding steroid dienone is 2. The minimum Gasteiger partial charge on any atom is -0.512 e. The van der Waals surface area contributed by atoms with Gasteiger partial charge in [0.25, 0.3) is 0 Å². The largest absolute Gasteiger partial charge is 0.512 e. The Hall–Kier alpha value is -3.07. The number of aliphatic hydroxyl groups excluding tert-OH is 1.